The third-order valence-electron chi connectivity index (χ3n) is 6.64. The smallest absolute Gasteiger partial charge is 0.272 e. The first-order valence-electron chi connectivity index (χ1n) is 13.0. The number of rotatable bonds is 12. The van der Waals surface area contributed by atoms with Crippen LogP contribution in [-0.4, -0.2) is 59.3 Å². The number of unbranched alkanes of at least 4 members (excludes halogenated alkanes) is 2. The van der Waals surface area contributed by atoms with Crippen molar-refractivity contribution in [3.8, 4) is 17.0 Å². The molecule has 192 valence electrons. The van der Waals surface area contributed by atoms with Gasteiger partial charge in [-0.3, -0.25) is 9.48 Å². The molecule has 0 saturated carbocycles. The molecule has 1 aliphatic heterocycles. The highest BCUT2D eigenvalue weighted by Crippen LogP contribution is 2.31. The Kier molecular flexibility index (Phi) is 9.05. The molecule has 0 aliphatic carbocycles. The number of amides is 1. The summed E-state index contributed by atoms with van der Waals surface area (Å²) in [7, 11) is 4.13. The van der Waals surface area contributed by atoms with E-state index in [1.54, 1.807) is 0 Å². The lowest BCUT2D eigenvalue weighted by atomic mass is 10.0. The van der Waals surface area contributed by atoms with Crippen LogP contribution < -0.4 is 4.74 Å². The molecule has 1 unspecified atom stereocenters. The maximum Gasteiger partial charge on any atom is 0.272 e. The predicted molar refractivity (Wildman–Crippen MR) is 146 cm³/mol. The predicted octanol–water partition coefficient (Wildman–Crippen LogP) is 6.31. The second kappa shape index (κ2) is 12.4. The van der Waals surface area contributed by atoms with Crippen LogP contribution in [0.4, 0.5) is 0 Å². The van der Waals surface area contributed by atoms with Gasteiger partial charge in [0, 0.05) is 35.8 Å². The summed E-state index contributed by atoms with van der Waals surface area (Å²) in [6.45, 7) is 5.01. The van der Waals surface area contributed by atoms with E-state index in [0.29, 0.717) is 30.4 Å². The Hall–Kier alpha value is -2.83. The number of fused-ring (bicyclic) bond motifs is 1. The molecule has 0 radical (unpaired) electrons. The van der Waals surface area contributed by atoms with E-state index in [9.17, 15) is 4.79 Å². The number of aromatic nitrogens is 2. The van der Waals surface area contributed by atoms with E-state index in [0.717, 1.165) is 54.8 Å². The van der Waals surface area contributed by atoms with Gasteiger partial charge in [0.25, 0.3) is 5.91 Å². The van der Waals surface area contributed by atoms with Crippen LogP contribution in [0.2, 0.25) is 5.02 Å². The fourth-order valence-corrected chi connectivity index (χ4v) is 4.82. The van der Waals surface area contributed by atoms with Crippen LogP contribution in [0.5, 0.6) is 5.75 Å². The van der Waals surface area contributed by atoms with Crippen LogP contribution in [0.1, 0.15) is 61.1 Å². The molecule has 36 heavy (non-hydrogen) atoms. The zero-order chi connectivity index (χ0) is 25.5. The fourth-order valence-electron chi connectivity index (χ4n) is 4.69. The maximum absolute atomic E-state index is 13.6. The van der Waals surface area contributed by atoms with Crippen molar-refractivity contribution in [3.05, 3.63) is 70.9 Å². The largest absolute Gasteiger partial charge is 0.493 e. The van der Waals surface area contributed by atoms with Gasteiger partial charge in [0.15, 0.2) is 0 Å². The van der Waals surface area contributed by atoms with Gasteiger partial charge < -0.3 is 14.5 Å². The Balaban J connectivity index is 1.56. The number of nitrogens with zero attached hydrogens (tertiary/aromatic N) is 4. The van der Waals surface area contributed by atoms with Gasteiger partial charge in [-0.15, -0.1) is 0 Å². The first-order valence-corrected chi connectivity index (χ1v) is 13.3. The number of hydrogen-bond donors (Lipinski definition) is 0. The minimum Gasteiger partial charge on any atom is -0.493 e. The summed E-state index contributed by atoms with van der Waals surface area (Å²) >= 11 is 6.08. The van der Waals surface area contributed by atoms with E-state index in [4.69, 9.17) is 21.4 Å². The van der Waals surface area contributed by atoms with E-state index in [1.165, 1.54) is 6.42 Å². The van der Waals surface area contributed by atoms with Crippen LogP contribution >= 0.6 is 11.6 Å². The summed E-state index contributed by atoms with van der Waals surface area (Å²) < 4.78 is 8.08. The summed E-state index contributed by atoms with van der Waals surface area (Å²) in [5, 5.41) is 5.57. The molecule has 6 nitrogen and oxygen atoms in total. The molecule has 0 bridgehead atoms. The number of ether oxygens (including phenoxy) is 1. The molecule has 0 N–H and O–H groups in total. The molecule has 4 rings (SSSR count). The third-order valence-corrected chi connectivity index (χ3v) is 6.89. The molecule has 0 spiro atoms. The highest BCUT2D eigenvalue weighted by molar-refractivity contribution is 6.30. The molecule has 3 aromatic rings. The minimum absolute atomic E-state index is 0.0110. The van der Waals surface area contributed by atoms with Gasteiger partial charge >= 0.3 is 0 Å². The average Bonchev–Trinajstić information content (AvgIpc) is 3.32. The number of carbonyl (C=O) groups is 1. The second-order valence-electron chi connectivity index (χ2n) is 9.81. The minimum atomic E-state index is 0.0110. The Bertz CT molecular complexity index is 1140. The molecule has 7 heteroatoms. The number of carbonyl (C=O) groups excluding carboxylic acids is 1. The molecular weight excluding hydrogens is 472 g/mol. The topological polar surface area (TPSA) is 50.6 Å². The molecular formula is C29H37ClN4O2. The standard InChI is InChI=1S/C29H37ClN4O2/c1-4-5-6-11-25-21-33(20-23-10-7-8-12-28(23)36-18-9-17-32(2)3)29(35)27-19-26(31-34(25)27)22-13-15-24(30)16-14-22/h7-8,10,12-16,19,25H,4-6,9,11,17-18,20-21H2,1-3H3. The highest BCUT2D eigenvalue weighted by Gasteiger charge is 2.33. The summed E-state index contributed by atoms with van der Waals surface area (Å²) in [4.78, 5) is 17.8. The summed E-state index contributed by atoms with van der Waals surface area (Å²) in [5.41, 5.74) is 3.46. The number of benzene rings is 2. The van der Waals surface area contributed by atoms with Gasteiger partial charge in [-0.25, -0.2) is 0 Å². The molecule has 1 aliphatic rings. The lowest BCUT2D eigenvalue weighted by molar-refractivity contribution is 0.0633. The number of halogens is 1. The van der Waals surface area contributed by atoms with Gasteiger partial charge in [0.05, 0.1) is 18.3 Å². The van der Waals surface area contributed by atoms with Crippen molar-refractivity contribution in [2.45, 2.75) is 51.6 Å². The van der Waals surface area contributed by atoms with Gasteiger partial charge in [0.2, 0.25) is 0 Å². The van der Waals surface area contributed by atoms with Crippen molar-refractivity contribution >= 4 is 17.5 Å². The molecule has 0 fully saturated rings. The van der Waals surface area contributed by atoms with E-state index < -0.39 is 0 Å². The molecule has 2 heterocycles. The van der Waals surface area contributed by atoms with E-state index in [2.05, 4.69) is 32.0 Å². The van der Waals surface area contributed by atoms with Crippen molar-refractivity contribution in [1.29, 1.82) is 0 Å². The lowest BCUT2D eigenvalue weighted by Crippen LogP contribution is -2.42. The van der Waals surface area contributed by atoms with Gasteiger partial charge in [-0.1, -0.05) is 68.1 Å². The van der Waals surface area contributed by atoms with Crippen LogP contribution in [0.25, 0.3) is 11.3 Å². The summed E-state index contributed by atoms with van der Waals surface area (Å²) in [6.07, 6.45) is 5.40. The third kappa shape index (κ3) is 6.48. The zero-order valence-corrected chi connectivity index (χ0v) is 22.4. The fraction of sp³-hybridized carbons (Fsp3) is 0.448. The SMILES string of the molecule is CCCCCC1CN(Cc2ccccc2OCCCN(C)C)C(=O)c2cc(-c3ccc(Cl)cc3)nn21. The van der Waals surface area contributed by atoms with Crippen molar-refractivity contribution in [2.75, 3.05) is 33.8 Å². The molecule has 1 aromatic heterocycles. The van der Waals surface area contributed by atoms with Crippen molar-refractivity contribution in [1.82, 2.24) is 19.6 Å². The molecule has 1 atom stereocenters. The van der Waals surface area contributed by atoms with Crippen LogP contribution in [-0.2, 0) is 6.54 Å². The van der Waals surface area contributed by atoms with Gasteiger partial charge in [0.1, 0.15) is 11.4 Å². The number of para-hydroxylation sites is 1. The average molecular weight is 509 g/mol. The van der Waals surface area contributed by atoms with E-state index in [-0.39, 0.29) is 11.9 Å². The van der Waals surface area contributed by atoms with Crippen molar-refractivity contribution in [2.24, 2.45) is 0 Å². The van der Waals surface area contributed by atoms with Crippen LogP contribution in [0.15, 0.2) is 54.6 Å². The normalized spacial score (nSPS) is 15.4. The summed E-state index contributed by atoms with van der Waals surface area (Å²) in [5.74, 6) is 0.865. The van der Waals surface area contributed by atoms with Gasteiger partial charge in [-0.05, 0) is 51.2 Å². The van der Waals surface area contributed by atoms with Crippen molar-refractivity contribution < 1.29 is 9.53 Å². The van der Waals surface area contributed by atoms with E-state index in [1.807, 2.05) is 58.1 Å². The molecule has 2 aromatic carbocycles. The first kappa shape index (κ1) is 26.2. The quantitative estimate of drug-likeness (QED) is 0.269. The lowest BCUT2D eigenvalue weighted by Gasteiger charge is -2.34. The van der Waals surface area contributed by atoms with Crippen molar-refractivity contribution in [3.63, 3.8) is 0 Å². The maximum atomic E-state index is 13.6. The first-order chi connectivity index (χ1) is 17.5. The Morgan fingerprint density at radius 1 is 1.08 bits per heavy atom. The van der Waals surface area contributed by atoms with Crippen LogP contribution in [0, 0.1) is 0 Å². The van der Waals surface area contributed by atoms with Gasteiger partial charge in [-0.2, -0.15) is 5.10 Å². The van der Waals surface area contributed by atoms with E-state index >= 15 is 0 Å². The second-order valence-corrected chi connectivity index (χ2v) is 10.3. The Labute approximate surface area is 219 Å². The summed E-state index contributed by atoms with van der Waals surface area (Å²) in [6, 6.07) is 17.8. The molecule has 1 amide bonds. The Morgan fingerprint density at radius 3 is 2.61 bits per heavy atom. The highest BCUT2D eigenvalue weighted by atomic mass is 35.5. The van der Waals surface area contributed by atoms with Crippen LogP contribution in [0.3, 0.4) is 0 Å². The Morgan fingerprint density at radius 2 is 1.86 bits per heavy atom. The monoisotopic (exact) mass is 508 g/mol. The zero-order valence-electron chi connectivity index (χ0n) is 21.6. The number of hydrogen-bond acceptors (Lipinski definition) is 4. The molecule has 0 saturated heterocycles.